The lowest BCUT2D eigenvalue weighted by Gasteiger charge is -2.32. The number of carbonyl (C=O) groups excluding carboxylic acids is 16. The Morgan fingerprint density at radius 3 is 1.36 bits per heavy atom. The fourth-order valence-electron chi connectivity index (χ4n) is 15.0. The Labute approximate surface area is 806 Å². The summed E-state index contributed by atoms with van der Waals surface area (Å²) in [6, 6.07) is 4.54. The van der Waals surface area contributed by atoms with E-state index in [-0.39, 0.29) is 94.4 Å². The van der Waals surface area contributed by atoms with Gasteiger partial charge in [-0.2, -0.15) is 0 Å². The number of aromatic nitrogens is 1. The van der Waals surface area contributed by atoms with Crippen molar-refractivity contribution < 1.29 is 96.8 Å². The molecule has 2 heterocycles. The fourth-order valence-corrected chi connectivity index (χ4v) is 15.8. The van der Waals surface area contributed by atoms with E-state index in [1.165, 1.54) is 59.0 Å². The SMILES string of the molecule is CC(C)C[C@@H]1NC(=O)CSC[C@@H](C(=O)N[C@@H](C)C(N)=O)NC(=O)[C@H](CO)NC(=O)[C@H](C(C)C)NC(=O)[C@H](CC(C)C)NC(=O)[C@H](CCCNC(=N)N)NC(=O)[C@@H](CC(C)C)NC(=O)[C@H](C)N(C)C(=O)[C@H](CCCNC(=N)N)NC(=O)[C@H](Cc2ccc(-c3ccccc3)cc2)NC(=O)[C@H](C(C)C)NC(=O)[C@H](Cc2c[nH]c3ccccc23)NC(=O)[C@H](CC(=O)O)NC(=O)[C@H](Cc2ccc(O)cc2)NC1=O. The van der Waals surface area contributed by atoms with Crippen LogP contribution in [0.1, 0.15) is 151 Å². The van der Waals surface area contributed by atoms with Gasteiger partial charge in [0.15, 0.2) is 11.9 Å². The summed E-state index contributed by atoms with van der Waals surface area (Å²) in [6.07, 6.45) is -1.17. The van der Waals surface area contributed by atoms with E-state index in [0.717, 1.165) is 27.8 Å². The van der Waals surface area contributed by atoms with Gasteiger partial charge in [-0.1, -0.05) is 154 Å². The van der Waals surface area contributed by atoms with Crippen molar-refractivity contribution in [3.63, 3.8) is 0 Å². The molecule has 6 rings (SSSR count). The molecule has 28 N–H and O–H groups in total. The highest BCUT2D eigenvalue weighted by atomic mass is 32.2. The number of guanidine groups is 2. The van der Waals surface area contributed by atoms with Crippen molar-refractivity contribution in [3.8, 4) is 16.9 Å². The van der Waals surface area contributed by atoms with Crippen LogP contribution in [0.4, 0.5) is 0 Å². The number of benzene rings is 4. The lowest BCUT2D eigenvalue weighted by molar-refractivity contribution is -0.143. The number of phenols is 1. The highest BCUT2D eigenvalue weighted by molar-refractivity contribution is 8.00. The van der Waals surface area contributed by atoms with Crippen LogP contribution in [-0.2, 0) is 101 Å². The van der Waals surface area contributed by atoms with Crippen molar-refractivity contribution in [1.82, 2.24) is 95.0 Å². The van der Waals surface area contributed by atoms with Crippen LogP contribution in [-0.4, -0.2) is 266 Å². The number of carbonyl (C=O) groups is 17. The Bertz CT molecular complexity index is 5060. The maximum Gasteiger partial charge on any atom is 0.305 e. The number of carboxylic acid groups (broad SMARTS) is 1. The number of H-pyrrole nitrogens is 1. The number of hydrogen-bond donors (Lipinski definition) is 25. The molecular weight excluding hydrogens is 1800 g/mol. The summed E-state index contributed by atoms with van der Waals surface area (Å²) in [4.78, 5) is 252. The molecule has 1 saturated heterocycles. The zero-order valence-electron chi connectivity index (χ0n) is 80.1. The maximum atomic E-state index is 15.5. The van der Waals surface area contributed by atoms with E-state index in [4.69, 9.17) is 28.0 Å². The van der Waals surface area contributed by atoms with Crippen LogP contribution in [0.3, 0.4) is 0 Å². The third-order valence-electron chi connectivity index (χ3n) is 22.7. The fraction of sp³-hybridized carbons (Fsp3) is 0.521. The molecule has 0 unspecified atom stereocenters. The number of aromatic hydroxyl groups is 1. The normalized spacial score (nSPS) is 23.1. The van der Waals surface area contributed by atoms with E-state index < -0.39 is 246 Å². The lowest BCUT2D eigenvalue weighted by atomic mass is 9.98. The first-order valence-electron chi connectivity index (χ1n) is 46.0. The number of primary amides is 1. The molecule has 1 fully saturated rings. The van der Waals surface area contributed by atoms with Crippen molar-refractivity contribution in [3.05, 3.63) is 126 Å². The molecule has 44 heteroatoms. The first-order valence-corrected chi connectivity index (χ1v) is 47.1. The number of nitrogens with one attached hydrogen (secondary N) is 19. The predicted octanol–water partition coefficient (Wildman–Crippen LogP) is -1.10. The van der Waals surface area contributed by atoms with E-state index in [1.807, 2.05) is 30.3 Å². The predicted molar refractivity (Wildman–Crippen MR) is 517 cm³/mol. The number of aliphatic hydroxyl groups excluding tert-OH is 1. The number of fused-ring (bicyclic) bond motifs is 1. The summed E-state index contributed by atoms with van der Waals surface area (Å²) in [5.74, 6) is -22.5. The van der Waals surface area contributed by atoms with Crippen LogP contribution in [0.15, 0.2) is 109 Å². The monoisotopic (exact) mass is 1940 g/mol. The van der Waals surface area contributed by atoms with Crippen LogP contribution in [0.2, 0.25) is 0 Å². The summed E-state index contributed by atoms with van der Waals surface area (Å²) in [6.45, 7) is 18.0. The molecule has 1 aliphatic rings. The molecule has 0 aliphatic carbocycles. The summed E-state index contributed by atoms with van der Waals surface area (Å²) in [7, 11) is 1.27. The zero-order chi connectivity index (χ0) is 102. The van der Waals surface area contributed by atoms with Gasteiger partial charge in [-0.15, -0.1) is 11.8 Å². The number of amides is 16. The number of aliphatic hydroxyl groups is 1. The third-order valence-corrected chi connectivity index (χ3v) is 23.7. The zero-order valence-corrected chi connectivity index (χ0v) is 80.9. The number of phenolic OH excluding ortho intramolecular Hbond substituents is 1. The molecular formula is C94H137N23O20S. The van der Waals surface area contributed by atoms with Gasteiger partial charge in [0, 0.05) is 62.3 Å². The molecule has 0 radical (unpaired) electrons. The summed E-state index contributed by atoms with van der Waals surface area (Å²) in [5.41, 5.74) is 20.2. The molecule has 16 amide bonds. The summed E-state index contributed by atoms with van der Waals surface area (Å²) >= 11 is 0.720. The number of rotatable bonds is 29. The van der Waals surface area contributed by atoms with Crippen LogP contribution >= 0.6 is 11.8 Å². The molecule has 43 nitrogen and oxygen atoms in total. The Morgan fingerprint density at radius 1 is 0.464 bits per heavy atom. The van der Waals surface area contributed by atoms with Gasteiger partial charge in [0.05, 0.1) is 18.8 Å². The molecule has 1 aromatic heterocycles. The molecule has 5 aromatic rings. The number of likely N-dealkylation sites (N-methyl/N-ethyl adjacent to an activating group) is 1. The Balaban J connectivity index is 1.50. The highest BCUT2D eigenvalue weighted by Gasteiger charge is 2.41. The number of carboxylic acids is 1. The molecule has 0 spiro atoms. The van der Waals surface area contributed by atoms with Crippen molar-refractivity contribution in [1.29, 1.82) is 10.8 Å². The minimum Gasteiger partial charge on any atom is -0.508 e. The van der Waals surface area contributed by atoms with Crippen LogP contribution in [0.5, 0.6) is 5.75 Å². The topological polar surface area (TPSA) is 688 Å². The average Bonchev–Trinajstić information content (AvgIpc) is 1.63. The highest BCUT2D eigenvalue weighted by Crippen LogP contribution is 2.24. The quantitative estimate of drug-likeness (QED) is 0.0153. The minimum absolute atomic E-state index is 0.00935. The smallest absolute Gasteiger partial charge is 0.305 e. The molecule has 754 valence electrons. The second-order valence-corrected chi connectivity index (χ2v) is 37.3. The Kier molecular flexibility index (Phi) is 45.2. The van der Waals surface area contributed by atoms with Crippen molar-refractivity contribution in [2.45, 2.75) is 244 Å². The lowest BCUT2D eigenvalue weighted by Crippen LogP contribution is -2.62. The van der Waals surface area contributed by atoms with E-state index in [9.17, 15) is 68.1 Å². The second-order valence-electron chi connectivity index (χ2n) is 36.3. The summed E-state index contributed by atoms with van der Waals surface area (Å²) < 4.78 is 0. The average molecular weight is 1940 g/mol. The first-order chi connectivity index (χ1) is 65.1. The third kappa shape index (κ3) is 36.9. The molecule has 138 heavy (non-hydrogen) atoms. The van der Waals surface area contributed by atoms with Crippen LogP contribution in [0, 0.1) is 40.4 Å². The number of nitrogens with zero attached hydrogens (tertiary/aromatic N) is 1. The van der Waals surface area contributed by atoms with Crippen molar-refractivity contribution in [2.24, 2.45) is 46.8 Å². The van der Waals surface area contributed by atoms with Crippen molar-refractivity contribution >= 4 is 135 Å². The van der Waals surface area contributed by atoms with Gasteiger partial charge in [-0.25, -0.2) is 0 Å². The van der Waals surface area contributed by atoms with Crippen LogP contribution in [0.25, 0.3) is 22.0 Å². The van der Waals surface area contributed by atoms with Gasteiger partial charge < -0.3 is 127 Å². The number of para-hydroxylation sites is 1. The Hall–Kier alpha value is -13.9. The van der Waals surface area contributed by atoms with Gasteiger partial charge in [0.25, 0.3) is 0 Å². The summed E-state index contributed by atoms with van der Waals surface area (Å²) in [5, 5.41) is 89.6. The molecule has 0 bridgehead atoms. The minimum atomic E-state index is -2.06. The second kappa shape index (κ2) is 55.3. The Morgan fingerprint density at radius 2 is 0.862 bits per heavy atom. The number of aromatic amines is 1. The largest absolute Gasteiger partial charge is 0.508 e. The van der Waals surface area contributed by atoms with E-state index >= 15 is 28.8 Å². The van der Waals surface area contributed by atoms with Crippen molar-refractivity contribution in [2.75, 3.05) is 38.2 Å². The van der Waals surface area contributed by atoms with Crippen LogP contribution < -0.4 is 102 Å². The van der Waals surface area contributed by atoms with Gasteiger partial charge in [-0.3, -0.25) is 92.3 Å². The van der Waals surface area contributed by atoms with E-state index in [2.05, 4.69) is 90.1 Å². The van der Waals surface area contributed by atoms with Gasteiger partial charge >= 0.3 is 5.97 Å². The van der Waals surface area contributed by atoms with Gasteiger partial charge in [-0.05, 0) is 134 Å². The molecule has 4 aromatic carbocycles. The number of nitrogens with two attached hydrogens (primary N) is 3. The number of aliphatic carboxylic acids is 1. The van der Waals surface area contributed by atoms with E-state index in [0.29, 0.717) is 27.6 Å². The van der Waals surface area contributed by atoms with Gasteiger partial charge in [0.1, 0.15) is 96.4 Å². The first kappa shape index (κ1) is 113. The molecule has 15 atom stereocenters. The number of thioether (sulfide) groups is 1. The van der Waals surface area contributed by atoms with Gasteiger partial charge in [0.2, 0.25) is 94.5 Å². The molecule has 0 saturated carbocycles. The maximum absolute atomic E-state index is 15.5. The van der Waals surface area contributed by atoms with E-state index in [1.54, 1.807) is 110 Å². The number of hydrogen-bond acceptors (Lipinski definition) is 22. The molecule has 1 aliphatic heterocycles. The standard InChI is InChI=1S/C94H137N23O20S/c1-48(2)37-65-81(126)109-68(41-56-29-33-60(119)34-30-56)84(129)111-71(43-75(121)122)85(130)110-70(42-59-44-102-62-24-18-17-23-61(59)62)87(132)116-76(51(7)8)90(135)112-69(40-55-27-31-58(32-28-55)57-21-15-14-16-22-57)83(128)106-64(26-20-36-101-94(98)99)92(137)117(13)54(12)79(124)107-66(38-49(3)4)82(127)105-63(25-19-35-100-93(96)97)80(125)108-67(39-50(5)6)86(131)115-77(52(9)10)91(136)113-72(45-118)88(133)114-73(46-138-47-74(120)104-65)89(134)103-53(11)78(95)123/h14-18,21-24,27-34,44,48-54,63-73,76-77,102,118-119H,19-20,25-26,35-43,45-47H2,1-13H3,(H2,95,123)(H,103,134)(H,104,120)(H,105,127)(H,106,128)(H,107,124)(H,108,125)(H,109,126)(H,110,130)(H,111,129)(H,112,135)(H,113,136)(H,114,133)(H,115,131)(H,116,132)(H,121,122)(H4,96,97,100)(H4,98,99,101)/t53-,54-,63-,64-,65-,66+,67-,68-,69-,70-,71-,72-,73-,76-,77-/m0/s1.